The first-order chi connectivity index (χ1) is 44.5. The van der Waals surface area contributed by atoms with Gasteiger partial charge in [-0.15, -0.1) is 11.8 Å². The summed E-state index contributed by atoms with van der Waals surface area (Å²) >= 11 is 1.79. The maximum absolute atomic E-state index is 11.7. The third-order valence-corrected chi connectivity index (χ3v) is 27.2. The molecule has 3 spiro atoms. The quantitative estimate of drug-likeness (QED) is 0.275. The molecule has 3 saturated heterocycles. The Labute approximate surface area is 633 Å². The molecular weight excluding hydrogens is 1260 g/mol. The van der Waals surface area contributed by atoms with Gasteiger partial charge >= 0.3 is 0 Å². The number of rotatable bonds is 2. The lowest BCUT2D eigenvalue weighted by atomic mass is 9.47. The summed E-state index contributed by atoms with van der Waals surface area (Å²) in [6.45, 7) is 84.8. The van der Waals surface area contributed by atoms with Crippen molar-refractivity contribution in [3.8, 4) is 0 Å². The van der Waals surface area contributed by atoms with Gasteiger partial charge in [-0.25, -0.2) is 0 Å². The fourth-order valence-corrected chi connectivity index (χ4v) is 30.0. The number of carbonyl (C=O) groups is 3. The molecule has 0 aromatic heterocycles. The van der Waals surface area contributed by atoms with Crippen LogP contribution in [-0.2, 0) is 14.4 Å². The van der Waals surface area contributed by atoms with E-state index in [4.69, 9.17) is 0 Å². The van der Waals surface area contributed by atoms with Crippen LogP contribution >= 0.6 is 11.8 Å². The molecule has 10 rings (SSSR count). The van der Waals surface area contributed by atoms with Crippen LogP contribution < -0.4 is 0 Å². The van der Waals surface area contributed by atoms with E-state index >= 15 is 0 Å². The van der Waals surface area contributed by atoms with Gasteiger partial charge in [-0.3, -0.25) is 19.4 Å². The number of aliphatic imine (C=N–C) groups is 1. The van der Waals surface area contributed by atoms with Gasteiger partial charge in [-0.1, -0.05) is 215 Å². The van der Waals surface area contributed by atoms with Gasteiger partial charge in [0.2, 0.25) is 17.7 Å². The van der Waals surface area contributed by atoms with E-state index in [2.05, 4.69) is 238 Å². The first kappa shape index (κ1) is 90.0. The lowest BCUT2D eigenvalue weighted by Crippen LogP contribution is -2.57. The van der Waals surface area contributed by atoms with Crippen LogP contribution in [0.25, 0.3) is 0 Å². The molecular formula is C92H173N5O3S. The van der Waals surface area contributed by atoms with Crippen LogP contribution in [0.1, 0.15) is 390 Å². The van der Waals surface area contributed by atoms with Gasteiger partial charge in [0.1, 0.15) is 0 Å². The third kappa shape index (κ3) is 25.2. The molecule has 101 heavy (non-hydrogen) atoms. The van der Waals surface area contributed by atoms with Crippen molar-refractivity contribution in [2.75, 3.05) is 47.5 Å². The van der Waals surface area contributed by atoms with E-state index in [1.165, 1.54) is 127 Å². The number of hydrogen-bond acceptors (Lipinski definition) is 6. The van der Waals surface area contributed by atoms with Gasteiger partial charge in [0.05, 0.1) is 10.6 Å². The largest absolute Gasteiger partial charge is 0.345 e. The summed E-state index contributed by atoms with van der Waals surface area (Å²) in [5.74, 6) is 1.75. The Morgan fingerprint density at radius 2 is 0.663 bits per heavy atom. The Morgan fingerprint density at radius 3 is 0.950 bits per heavy atom. The molecule has 0 bridgehead atoms. The zero-order chi connectivity index (χ0) is 78.4. The van der Waals surface area contributed by atoms with Crippen molar-refractivity contribution in [1.82, 2.24) is 19.6 Å². The third-order valence-electron chi connectivity index (χ3n) is 26.2. The van der Waals surface area contributed by atoms with Crippen molar-refractivity contribution >= 4 is 34.5 Å². The molecule has 4 aliphatic heterocycles. The number of carbonyl (C=O) groups excluding carboxylic acids is 3. The highest BCUT2D eigenvalue weighted by Gasteiger charge is 2.58. The summed E-state index contributed by atoms with van der Waals surface area (Å²) in [5.41, 5.74) is 6.92. The van der Waals surface area contributed by atoms with Gasteiger partial charge in [0.25, 0.3) is 0 Å². The minimum Gasteiger partial charge on any atom is -0.345 e. The monoisotopic (exact) mass is 1430 g/mol. The van der Waals surface area contributed by atoms with E-state index in [0.29, 0.717) is 76.8 Å². The molecule has 3 unspecified atom stereocenters. The van der Waals surface area contributed by atoms with Gasteiger partial charge in [0.15, 0.2) is 0 Å². The van der Waals surface area contributed by atoms with Crippen molar-refractivity contribution in [2.45, 2.75) is 413 Å². The van der Waals surface area contributed by atoms with E-state index in [1.54, 1.807) is 11.8 Å². The van der Waals surface area contributed by atoms with Crippen molar-refractivity contribution in [3.63, 3.8) is 0 Å². The molecule has 3 atom stereocenters. The molecule has 0 radical (unpaired) electrons. The Hall–Kier alpha value is -1.61. The van der Waals surface area contributed by atoms with Crippen molar-refractivity contribution < 1.29 is 14.4 Å². The molecule has 0 aromatic carbocycles. The van der Waals surface area contributed by atoms with Crippen LogP contribution in [0, 0.1) is 103 Å². The standard InChI is InChI=1S/C35H65N.C18H34.C11H21NO.C10H19NO.C9H17NO.C9H17NS/c1-28(2)14-26(16-34(20-28)22-30(5,6)18-31(7,8)23-34)36(13)27-15-29(3,4)21-35(17-27)24-32(9,10)19-33(11,12)25-35;1-14-8-15(2,3)11-18(9-14)12-16(4,5)10-17(6,7)13-18;1-10(2)6-9(13)12(5)8-11(3,4)7-10;1-9(2)6-10(3,4)8(12)11(5)7-9;1-8(2)6-9(3,4)10(5)7(8)11;1-8(2)6-9(3,4)10-7(8)11-5/h26-27H,14-25H2,1-13H3;14H,8-13H2,1-7H3;6-8H2,1-5H3;6-7H2,1-5H3;2*6H2,1-5H3. The number of hydrogen-bond donors (Lipinski definition) is 0. The minimum absolute atomic E-state index is 0.0422. The average molecular weight is 1430 g/mol. The fourth-order valence-electron chi connectivity index (χ4n) is 29.1. The molecule has 9 heteroatoms. The molecule has 3 amide bonds. The Balaban J connectivity index is 0.000000237. The fraction of sp³-hybridized carbons (Fsp3) is 0.957. The highest BCUT2D eigenvalue weighted by atomic mass is 32.2. The minimum atomic E-state index is -0.170. The predicted octanol–water partition coefficient (Wildman–Crippen LogP) is 25.4. The van der Waals surface area contributed by atoms with Gasteiger partial charge in [-0.2, -0.15) is 0 Å². The Kier molecular flexibility index (Phi) is 26.1. The van der Waals surface area contributed by atoms with E-state index < -0.39 is 0 Å². The van der Waals surface area contributed by atoms with Gasteiger partial charge in [0, 0.05) is 74.5 Å². The topological polar surface area (TPSA) is 76.5 Å². The summed E-state index contributed by atoms with van der Waals surface area (Å²) in [4.78, 5) is 48.1. The van der Waals surface area contributed by atoms with E-state index in [-0.39, 0.29) is 55.9 Å². The summed E-state index contributed by atoms with van der Waals surface area (Å²) in [6.07, 6.45) is 32.7. The van der Waals surface area contributed by atoms with Crippen LogP contribution in [0.5, 0.6) is 0 Å². The van der Waals surface area contributed by atoms with Crippen LogP contribution in [0.4, 0.5) is 0 Å². The molecule has 590 valence electrons. The lowest BCUT2D eigenvalue weighted by molar-refractivity contribution is -0.147. The highest BCUT2D eigenvalue weighted by molar-refractivity contribution is 8.13. The van der Waals surface area contributed by atoms with E-state index in [9.17, 15) is 14.4 Å². The Morgan fingerprint density at radius 1 is 0.347 bits per heavy atom. The second-order valence-electron chi connectivity index (χ2n) is 51.0. The Bertz CT molecular complexity index is 2760. The molecule has 10 aliphatic rings. The van der Waals surface area contributed by atoms with Crippen LogP contribution in [0.2, 0.25) is 0 Å². The highest BCUT2D eigenvalue weighted by Crippen LogP contribution is 2.67. The number of thioether (sulfide) groups is 1. The van der Waals surface area contributed by atoms with E-state index in [1.807, 2.05) is 63.5 Å². The molecule has 8 nitrogen and oxygen atoms in total. The normalized spacial score (nSPS) is 32.4. The lowest BCUT2D eigenvalue weighted by Gasteiger charge is -2.62. The van der Waals surface area contributed by atoms with Crippen molar-refractivity contribution in [3.05, 3.63) is 0 Å². The summed E-state index contributed by atoms with van der Waals surface area (Å²) in [7, 11) is 8.24. The number of nitrogens with zero attached hydrogens (tertiary/aromatic N) is 5. The van der Waals surface area contributed by atoms with Crippen molar-refractivity contribution in [2.24, 2.45) is 108 Å². The van der Waals surface area contributed by atoms with Crippen LogP contribution in [0.3, 0.4) is 0 Å². The summed E-state index contributed by atoms with van der Waals surface area (Å²) in [5, 5.41) is 1.31. The number of likely N-dealkylation sites (tertiary alicyclic amines) is 3. The van der Waals surface area contributed by atoms with Gasteiger partial charge < -0.3 is 19.6 Å². The first-order valence-electron chi connectivity index (χ1n) is 41.1. The molecule has 4 heterocycles. The smallest absolute Gasteiger partial charge is 0.228 e. The van der Waals surface area contributed by atoms with Crippen molar-refractivity contribution in [1.29, 1.82) is 0 Å². The summed E-state index contributed by atoms with van der Waals surface area (Å²) < 4.78 is 0. The second kappa shape index (κ2) is 29.3. The summed E-state index contributed by atoms with van der Waals surface area (Å²) in [6, 6.07) is 1.47. The molecule has 6 aliphatic carbocycles. The molecule has 6 saturated carbocycles. The van der Waals surface area contributed by atoms with E-state index in [0.717, 1.165) is 50.4 Å². The maximum atomic E-state index is 11.7. The molecule has 0 N–H and O–H groups in total. The van der Waals surface area contributed by atoms with Crippen LogP contribution in [-0.4, -0.2) is 113 Å². The number of piperidine rings is 1. The number of amides is 3. The molecule has 9 fully saturated rings. The first-order valence-corrected chi connectivity index (χ1v) is 42.4. The average Bonchev–Trinajstić information content (AvgIpc) is 1.67. The maximum Gasteiger partial charge on any atom is 0.228 e. The molecule has 0 aromatic rings. The van der Waals surface area contributed by atoms with Crippen LogP contribution in [0.15, 0.2) is 4.99 Å². The zero-order valence-electron chi connectivity index (χ0n) is 75.3. The zero-order valence-corrected chi connectivity index (χ0v) is 76.1. The SMILES string of the molecule is CC1CC(C)(C)CC2(C1)CC(C)(C)CC(C)(C)C2.CN(C1CC(C)(C)CC2(C1)CC(C)(C)CC(C)(C)C2)C1CC(C)(C)CC2(C1)CC(C)(C)CC(C)(C)C2.CN1C(=O)C(C)(C)CC1(C)C.CN1CC(C)(C)CC(C)(C)C1=O.CN1CC(C)(C)CC(C)(C)CC1=O.CSC1=NC(C)(C)CC1(C)C. The van der Waals surface area contributed by atoms with Gasteiger partial charge in [-0.05, 0) is 269 Å². The second-order valence-corrected chi connectivity index (χ2v) is 51.7. The predicted molar refractivity (Wildman–Crippen MR) is 442 cm³/mol.